The minimum Gasteiger partial charge on any atom is -0.445 e. The van der Waals surface area contributed by atoms with E-state index in [1.807, 2.05) is 59.5 Å². The zero-order valence-corrected chi connectivity index (χ0v) is 17.7. The predicted octanol–water partition coefficient (Wildman–Crippen LogP) is 3.01. The maximum atomic E-state index is 12.6. The number of anilines is 1. The Balaban J connectivity index is 1.30. The number of ether oxygens (including phenoxy) is 2. The molecule has 0 aromatic heterocycles. The molecule has 0 saturated carbocycles. The van der Waals surface area contributed by atoms with Crippen LogP contribution < -0.4 is 4.90 Å². The SMILES string of the molecule is O=C(OCc1ccccc1)N1CCCN(c2ccc(C(=O)N3CCOCC3)cc2)CC1. The van der Waals surface area contributed by atoms with Gasteiger partial charge in [0.15, 0.2) is 0 Å². The molecular formula is C24H29N3O4. The van der Waals surface area contributed by atoms with Crippen molar-refractivity contribution in [1.82, 2.24) is 9.80 Å². The maximum Gasteiger partial charge on any atom is 0.410 e. The van der Waals surface area contributed by atoms with Gasteiger partial charge in [0, 0.05) is 50.5 Å². The smallest absolute Gasteiger partial charge is 0.410 e. The Bertz CT molecular complexity index is 866. The van der Waals surface area contributed by atoms with Crippen molar-refractivity contribution in [2.24, 2.45) is 0 Å². The lowest BCUT2D eigenvalue weighted by atomic mass is 10.1. The van der Waals surface area contributed by atoms with Gasteiger partial charge in [0.2, 0.25) is 0 Å². The van der Waals surface area contributed by atoms with Crippen LogP contribution in [0.25, 0.3) is 0 Å². The lowest BCUT2D eigenvalue weighted by Crippen LogP contribution is -2.40. The van der Waals surface area contributed by atoms with Gasteiger partial charge < -0.3 is 24.2 Å². The average Bonchev–Trinajstić information content (AvgIpc) is 3.10. The van der Waals surface area contributed by atoms with Crippen LogP contribution in [0, 0.1) is 0 Å². The zero-order valence-electron chi connectivity index (χ0n) is 17.7. The van der Waals surface area contributed by atoms with E-state index in [1.165, 1.54) is 0 Å². The van der Waals surface area contributed by atoms with E-state index >= 15 is 0 Å². The highest BCUT2D eigenvalue weighted by molar-refractivity contribution is 5.94. The van der Waals surface area contributed by atoms with Crippen LogP contribution in [0.2, 0.25) is 0 Å². The van der Waals surface area contributed by atoms with Crippen molar-refractivity contribution in [1.29, 1.82) is 0 Å². The summed E-state index contributed by atoms with van der Waals surface area (Å²) in [5.74, 6) is 0.0538. The molecule has 7 heteroatoms. The van der Waals surface area contributed by atoms with Crippen LogP contribution in [-0.4, -0.2) is 74.3 Å². The monoisotopic (exact) mass is 423 g/mol. The van der Waals surface area contributed by atoms with Gasteiger partial charge in [-0.3, -0.25) is 4.79 Å². The number of carbonyl (C=O) groups is 2. The number of hydrogen-bond acceptors (Lipinski definition) is 5. The Labute approximate surface area is 183 Å². The summed E-state index contributed by atoms with van der Waals surface area (Å²) in [6.07, 6.45) is 0.603. The molecule has 2 aliphatic heterocycles. The largest absolute Gasteiger partial charge is 0.445 e. The van der Waals surface area contributed by atoms with Crippen LogP contribution in [0.1, 0.15) is 22.3 Å². The topological polar surface area (TPSA) is 62.3 Å². The molecule has 2 aromatic carbocycles. The van der Waals surface area contributed by atoms with Gasteiger partial charge in [-0.25, -0.2) is 4.79 Å². The number of nitrogens with zero attached hydrogens (tertiary/aromatic N) is 3. The molecule has 2 heterocycles. The molecule has 2 amide bonds. The Morgan fingerprint density at radius 3 is 2.29 bits per heavy atom. The third-order valence-electron chi connectivity index (χ3n) is 5.74. The van der Waals surface area contributed by atoms with Crippen LogP contribution in [0.5, 0.6) is 0 Å². The first kappa shape index (κ1) is 21.2. The van der Waals surface area contributed by atoms with E-state index < -0.39 is 0 Å². The van der Waals surface area contributed by atoms with Gasteiger partial charge in [-0.1, -0.05) is 30.3 Å². The second-order valence-electron chi connectivity index (χ2n) is 7.82. The van der Waals surface area contributed by atoms with Crippen LogP contribution in [0.4, 0.5) is 10.5 Å². The summed E-state index contributed by atoms with van der Waals surface area (Å²) >= 11 is 0. The second-order valence-corrected chi connectivity index (χ2v) is 7.82. The predicted molar refractivity (Wildman–Crippen MR) is 118 cm³/mol. The molecule has 31 heavy (non-hydrogen) atoms. The lowest BCUT2D eigenvalue weighted by Gasteiger charge is -2.27. The summed E-state index contributed by atoms with van der Waals surface area (Å²) in [5.41, 5.74) is 2.75. The van der Waals surface area contributed by atoms with Gasteiger partial charge in [-0.2, -0.15) is 0 Å². The Morgan fingerprint density at radius 1 is 0.806 bits per heavy atom. The second kappa shape index (κ2) is 10.3. The number of amides is 2. The highest BCUT2D eigenvalue weighted by atomic mass is 16.6. The van der Waals surface area contributed by atoms with Crippen molar-refractivity contribution in [2.45, 2.75) is 13.0 Å². The van der Waals surface area contributed by atoms with Crippen LogP contribution in [-0.2, 0) is 16.1 Å². The minimum atomic E-state index is -0.267. The molecule has 0 unspecified atom stereocenters. The highest BCUT2D eigenvalue weighted by Crippen LogP contribution is 2.19. The van der Waals surface area contributed by atoms with E-state index in [1.54, 1.807) is 4.90 Å². The van der Waals surface area contributed by atoms with E-state index in [4.69, 9.17) is 9.47 Å². The molecule has 2 aliphatic rings. The lowest BCUT2D eigenvalue weighted by molar-refractivity contribution is 0.0303. The van der Waals surface area contributed by atoms with Crippen molar-refractivity contribution in [3.05, 3.63) is 65.7 Å². The zero-order chi connectivity index (χ0) is 21.5. The third-order valence-corrected chi connectivity index (χ3v) is 5.74. The van der Waals surface area contributed by atoms with Gasteiger partial charge in [0.05, 0.1) is 13.2 Å². The molecule has 0 N–H and O–H groups in total. The highest BCUT2D eigenvalue weighted by Gasteiger charge is 2.22. The van der Waals surface area contributed by atoms with E-state index in [-0.39, 0.29) is 12.0 Å². The first-order chi connectivity index (χ1) is 15.2. The van der Waals surface area contributed by atoms with Gasteiger partial charge in [-0.05, 0) is 36.2 Å². The van der Waals surface area contributed by atoms with Crippen LogP contribution in [0.3, 0.4) is 0 Å². The Hall–Kier alpha value is -3.06. The average molecular weight is 424 g/mol. The third kappa shape index (κ3) is 5.55. The standard InChI is InChI=1S/C24H29N3O4/c28-23(26-15-17-30-18-16-26)21-7-9-22(10-8-21)25-11-4-12-27(14-13-25)24(29)31-19-20-5-2-1-3-6-20/h1-3,5-10H,4,11-19H2. The molecule has 0 atom stereocenters. The normalized spacial score (nSPS) is 17.2. The van der Waals surface area contributed by atoms with Crippen LogP contribution in [0.15, 0.2) is 54.6 Å². The fraction of sp³-hybridized carbons (Fsp3) is 0.417. The van der Waals surface area contributed by atoms with Gasteiger partial charge in [0.1, 0.15) is 6.61 Å². The summed E-state index contributed by atoms with van der Waals surface area (Å²) in [5, 5.41) is 0. The molecule has 2 saturated heterocycles. The van der Waals surface area contributed by atoms with Gasteiger partial charge >= 0.3 is 6.09 Å². The molecule has 0 aliphatic carbocycles. The summed E-state index contributed by atoms with van der Waals surface area (Å²) in [6.45, 7) is 5.66. The van der Waals surface area contributed by atoms with E-state index in [9.17, 15) is 9.59 Å². The summed E-state index contributed by atoms with van der Waals surface area (Å²) in [7, 11) is 0. The van der Waals surface area contributed by atoms with E-state index in [0.29, 0.717) is 51.6 Å². The fourth-order valence-corrected chi connectivity index (χ4v) is 3.93. The van der Waals surface area contributed by atoms with Gasteiger partial charge in [0.25, 0.3) is 5.91 Å². The maximum absolute atomic E-state index is 12.6. The Morgan fingerprint density at radius 2 is 1.55 bits per heavy atom. The van der Waals surface area contributed by atoms with Crippen molar-refractivity contribution in [3.63, 3.8) is 0 Å². The van der Waals surface area contributed by atoms with Crippen molar-refractivity contribution < 1.29 is 19.1 Å². The first-order valence-electron chi connectivity index (χ1n) is 10.9. The molecule has 0 bridgehead atoms. The molecule has 0 spiro atoms. The molecule has 164 valence electrons. The van der Waals surface area contributed by atoms with E-state index in [0.717, 1.165) is 30.8 Å². The van der Waals surface area contributed by atoms with Crippen molar-refractivity contribution >= 4 is 17.7 Å². The quantitative estimate of drug-likeness (QED) is 0.757. The number of carbonyl (C=O) groups excluding carboxylic acids is 2. The molecular weight excluding hydrogens is 394 g/mol. The van der Waals surface area contributed by atoms with Gasteiger partial charge in [-0.15, -0.1) is 0 Å². The summed E-state index contributed by atoms with van der Waals surface area (Å²) < 4.78 is 10.8. The number of morpholine rings is 1. The summed E-state index contributed by atoms with van der Waals surface area (Å²) in [6, 6.07) is 17.5. The molecule has 0 radical (unpaired) electrons. The number of rotatable bonds is 4. The minimum absolute atomic E-state index is 0.0538. The molecule has 7 nitrogen and oxygen atoms in total. The number of hydrogen-bond donors (Lipinski definition) is 0. The van der Waals surface area contributed by atoms with Crippen LogP contribution >= 0.6 is 0 Å². The molecule has 4 rings (SSSR count). The number of benzene rings is 2. The van der Waals surface area contributed by atoms with Crippen molar-refractivity contribution in [3.8, 4) is 0 Å². The summed E-state index contributed by atoms with van der Waals surface area (Å²) in [4.78, 5) is 31.0. The van der Waals surface area contributed by atoms with Crippen molar-refractivity contribution in [2.75, 3.05) is 57.4 Å². The fourth-order valence-electron chi connectivity index (χ4n) is 3.93. The molecule has 2 aromatic rings. The van der Waals surface area contributed by atoms with E-state index in [2.05, 4.69) is 4.90 Å². The Kier molecular flexibility index (Phi) is 7.04. The molecule has 2 fully saturated rings. The first-order valence-corrected chi connectivity index (χ1v) is 10.9.